The summed E-state index contributed by atoms with van der Waals surface area (Å²) in [5.41, 5.74) is 16.8. The van der Waals surface area contributed by atoms with Crippen molar-refractivity contribution >= 4 is 86.6 Å². The van der Waals surface area contributed by atoms with Gasteiger partial charge in [0, 0.05) is 51.4 Å². The van der Waals surface area contributed by atoms with Gasteiger partial charge < -0.3 is 63.6 Å². The summed E-state index contributed by atoms with van der Waals surface area (Å²) in [5, 5.41) is 22.8. The van der Waals surface area contributed by atoms with Gasteiger partial charge in [-0.2, -0.15) is 0 Å². The highest BCUT2D eigenvalue weighted by molar-refractivity contribution is 8.76. The van der Waals surface area contributed by atoms with Crippen LogP contribution in [0.5, 0.6) is 5.75 Å². The molecule has 2 fully saturated rings. The Labute approximate surface area is 415 Å². The van der Waals surface area contributed by atoms with Gasteiger partial charge in [0.15, 0.2) is 0 Å². The Balaban J connectivity index is 2.09. The molecule has 2 aliphatic rings. The van der Waals surface area contributed by atoms with Gasteiger partial charge in [0.25, 0.3) is 0 Å². The van der Waals surface area contributed by atoms with E-state index in [4.69, 9.17) is 17.2 Å². The van der Waals surface area contributed by atoms with Crippen LogP contribution < -0.4 is 43.8 Å². The number of carbonyl (C=O) groups excluding carboxylic acids is 11. The van der Waals surface area contributed by atoms with E-state index in [9.17, 15) is 57.8 Å². The van der Waals surface area contributed by atoms with Gasteiger partial charge >= 0.3 is 0 Å². The van der Waals surface area contributed by atoms with Crippen LogP contribution in [0.25, 0.3) is 0 Å². The van der Waals surface area contributed by atoms with E-state index in [0.717, 1.165) is 15.7 Å². The number of phenols is 1. The van der Waals surface area contributed by atoms with Crippen LogP contribution in [-0.2, 0) is 59.2 Å². The summed E-state index contributed by atoms with van der Waals surface area (Å²) in [5.74, 6) is -9.23. The zero-order valence-corrected chi connectivity index (χ0v) is 42.2. The molecule has 2 saturated heterocycles. The van der Waals surface area contributed by atoms with Crippen molar-refractivity contribution in [3.63, 3.8) is 0 Å². The molecule has 0 aliphatic carbocycles. The highest BCUT2D eigenvalue weighted by atomic mass is 33.1. The van der Waals surface area contributed by atoms with E-state index in [2.05, 4.69) is 26.6 Å². The van der Waals surface area contributed by atoms with E-state index in [-0.39, 0.29) is 61.8 Å². The van der Waals surface area contributed by atoms with Crippen molar-refractivity contribution in [2.45, 2.75) is 128 Å². The molecule has 1 aromatic carbocycles. The van der Waals surface area contributed by atoms with Gasteiger partial charge in [0.05, 0.1) is 13.0 Å². The topological polar surface area (TPSA) is 356 Å². The number of benzene rings is 1. The predicted octanol–water partition coefficient (Wildman–Crippen LogP) is -1.86. The van der Waals surface area contributed by atoms with Crippen molar-refractivity contribution in [3.05, 3.63) is 29.8 Å². The number of nitrogens with zero attached hydrogens (tertiary/aromatic N) is 3. The number of amides is 11. The van der Waals surface area contributed by atoms with Gasteiger partial charge in [-0.25, -0.2) is 0 Å². The molecule has 0 spiro atoms. The average Bonchev–Trinajstić information content (AvgIpc) is 3.80. The first-order valence-corrected chi connectivity index (χ1v) is 25.6. The van der Waals surface area contributed by atoms with Crippen molar-refractivity contribution in [2.24, 2.45) is 29.0 Å². The Hall–Kier alpha value is -6.11. The Morgan fingerprint density at radius 2 is 1.49 bits per heavy atom. The van der Waals surface area contributed by atoms with Crippen molar-refractivity contribution in [1.29, 1.82) is 0 Å². The number of hydrogen-bond donors (Lipinski definition) is 9. The number of phenolic OH excluding ortho intramolecular Hbond substituents is 1. The second-order valence-electron chi connectivity index (χ2n) is 17.9. The molecular formula is C45H69N11O12S2. The summed E-state index contributed by atoms with van der Waals surface area (Å²) >= 11 is 0. The minimum absolute atomic E-state index is 0.0173. The van der Waals surface area contributed by atoms with Gasteiger partial charge in [-0.1, -0.05) is 67.8 Å². The molecule has 0 saturated carbocycles. The highest BCUT2D eigenvalue weighted by Crippen LogP contribution is 2.28. The third kappa shape index (κ3) is 17.7. The Kier molecular flexibility index (Phi) is 23.2. The summed E-state index contributed by atoms with van der Waals surface area (Å²) in [4.78, 5) is 152. The fourth-order valence-electron chi connectivity index (χ4n) is 7.86. The first kappa shape index (κ1) is 58.2. The Bertz CT molecular complexity index is 2080. The number of nitrogens with two attached hydrogens (primary N) is 3. The SMILES string of the molecule is CC[C@H](C)[C@@H]1NC(=O)[C@H](Cc2ccc(O)cc2)N(C)C(=O)CCSSC[C@@H](C(=O)N2CCC[C@H]2C(=O)N[C@@H](CC(C)C)C(=O)NCC(N)=O)N(C)C(=O)[C@H](CC(N)=O)NC(=O)[C@H](CCC(N)=O)NC1=O. The largest absolute Gasteiger partial charge is 0.508 e. The van der Waals surface area contributed by atoms with Crippen LogP contribution in [0.2, 0.25) is 0 Å². The molecule has 2 aliphatic heterocycles. The van der Waals surface area contributed by atoms with Crippen molar-refractivity contribution < 1.29 is 57.8 Å². The van der Waals surface area contributed by atoms with E-state index in [1.165, 1.54) is 46.8 Å². The summed E-state index contributed by atoms with van der Waals surface area (Å²) in [6.45, 7) is 6.73. The third-order valence-electron chi connectivity index (χ3n) is 12.1. The quantitative estimate of drug-likeness (QED) is 0.0774. The fraction of sp³-hybridized carbons (Fsp3) is 0.622. The van der Waals surface area contributed by atoms with Crippen LogP contribution in [-0.4, -0.2) is 166 Å². The van der Waals surface area contributed by atoms with Gasteiger partial charge in [0.1, 0.15) is 48.0 Å². The zero-order valence-electron chi connectivity index (χ0n) is 40.5. The number of likely N-dealkylation sites (tertiary alicyclic amines) is 1. The lowest BCUT2D eigenvalue weighted by atomic mass is 9.96. The van der Waals surface area contributed by atoms with E-state index < -0.39 is 133 Å². The average molecular weight is 1020 g/mol. The Morgan fingerprint density at radius 3 is 2.09 bits per heavy atom. The van der Waals surface area contributed by atoms with E-state index in [1.807, 2.05) is 13.8 Å². The van der Waals surface area contributed by atoms with Crippen molar-refractivity contribution in [2.75, 3.05) is 38.7 Å². The molecule has 8 atom stereocenters. The van der Waals surface area contributed by atoms with Crippen LogP contribution in [0, 0.1) is 11.8 Å². The zero-order chi connectivity index (χ0) is 52.4. The first-order chi connectivity index (χ1) is 32.9. The normalized spacial score (nSPS) is 23.4. The molecule has 0 aromatic heterocycles. The minimum Gasteiger partial charge on any atom is -0.508 e. The molecule has 0 radical (unpaired) electrons. The predicted molar refractivity (Wildman–Crippen MR) is 260 cm³/mol. The maximum Gasteiger partial charge on any atom is 0.246 e. The lowest BCUT2D eigenvalue weighted by molar-refractivity contribution is -0.148. The van der Waals surface area contributed by atoms with E-state index in [0.29, 0.717) is 18.4 Å². The molecule has 2 heterocycles. The molecule has 25 heteroatoms. The van der Waals surface area contributed by atoms with E-state index in [1.54, 1.807) is 26.0 Å². The molecule has 70 heavy (non-hydrogen) atoms. The molecule has 388 valence electrons. The lowest BCUT2D eigenvalue weighted by Gasteiger charge is -2.35. The van der Waals surface area contributed by atoms with Crippen LogP contribution in [0.3, 0.4) is 0 Å². The van der Waals surface area contributed by atoms with Crippen molar-refractivity contribution in [1.82, 2.24) is 41.3 Å². The van der Waals surface area contributed by atoms with Crippen LogP contribution >= 0.6 is 21.6 Å². The molecule has 0 unspecified atom stereocenters. The molecule has 1 aromatic rings. The smallest absolute Gasteiger partial charge is 0.246 e. The molecule has 23 nitrogen and oxygen atoms in total. The number of carbonyl (C=O) groups is 11. The molecule has 0 bridgehead atoms. The molecule has 12 N–H and O–H groups in total. The maximum atomic E-state index is 14.7. The third-order valence-corrected chi connectivity index (χ3v) is 14.5. The number of rotatable bonds is 17. The second-order valence-corrected chi connectivity index (χ2v) is 20.6. The summed E-state index contributed by atoms with van der Waals surface area (Å²) in [6, 6.07) is -3.24. The van der Waals surface area contributed by atoms with Crippen LogP contribution in [0.1, 0.15) is 84.6 Å². The fourth-order valence-corrected chi connectivity index (χ4v) is 10.1. The summed E-state index contributed by atoms with van der Waals surface area (Å²) in [7, 11) is 5.02. The van der Waals surface area contributed by atoms with E-state index >= 15 is 0 Å². The van der Waals surface area contributed by atoms with Crippen LogP contribution in [0.4, 0.5) is 0 Å². The van der Waals surface area contributed by atoms with Gasteiger partial charge in [-0.15, -0.1) is 0 Å². The molecular weight excluding hydrogens is 951 g/mol. The standard InChI is InChI=1S/C45H69N11O12S2/c1-7-25(4)38-43(66)50-28(14-15-34(46)58)40(63)52-30(21-35(47)59)44(67)55(6)33(23-70-69-18-16-37(61)54(5)32(42(65)53-38)20-26-10-12-27(57)13-11-26)45(68)56-17-8-9-31(56)41(64)51-29(19-24(2)3)39(62)49-22-36(48)60/h10-13,24-25,28-33,38,57H,7-9,14-23H2,1-6H3,(H2,46,58)(H2,47,59)(H2,48,60)(H,49,62)(H,50,66)(H,51,64)(H,52,63)(H,53,65)/t25-,28-,29-,30-,31-,32-,33-,38-/m0/s1. The number of primary amides is 3. The number of likely N-dealkylation sites (N-methyl/N-ethyl adjacent to an activating group) is 2. The van der Waals surface area contributed by atoms with Crippen LogP contribution in [0.15, 0.2) is 24.3 Å². The van der Waals surface area contributed by atoms with Gasteiger partial charge in [-0.05, 0) is 55.2 Å². The number of aromatic hydroxyl groups is 1. The minimum atomic E-state index is -1.71. The molecule has 3 rings (SSSR count). The van der Waals surface area contributed by atoms with Crippen molar-refractivity contribution in [3.8, 4) is 5.75 Å². The van der Waals surface area contributed by atoms with Gasteiger partial charge in [0.2, 0.25) is 65.0 Å². The number of nitrogens with one attached hydrogen (secondary N) is 5. The Morgan fingerprint density at radius 1 is 0.829 bits per heavy atom. The lowest BCUT2D eigenvalue weighted by Crippen LogP contribution is -2.61. The number of hydrogen-bond acceptors (Lipinski definition) is 14. The highest BCUT2D eigenvalue weighted by Gasteiger charge is 2.43. The molecule has 11 amide bonds. The van der Waals surface area contributed by atoms with Gasteiger partial charge in [-0.3, -0.25) is 52.7 Å². The maximum absolute atomic E-state index is 14.7. The monoisotopic (exact) mass is 1020 g/mol. The summed E-state index contributed by atoms with van der Waals surface area (Å²) in [6.07, 6.45) is -0.548. The first-order valence-electron chi connectivity index (χ1n) is 23.1. The second kappa shape index (κ2) is 27.9. The summed E-state index contributed by atoms with van der Waals surface area (Å²) < 4.78 is 0.